The number of anilines is 2. The van der Waals surface area contributed by atoms with Gasteiger partial charge < -0.3 is 27.3 Å². The number of pyridine rings is 1. The van der Waals surface area contributed by atoms with Crippen molar-refractivity contribution < 1.29 is 4.74 Å². The van der Waals surface area contributed by atoms with E-state index in [0.29, 0.717) is 37.0 Å². The number of hydrogen-bond donors (Lipinski definition) is 4. The summed E-state index contributed by atoms with van der Waals surface area (Å²) in [6.07, 6.45) is 2.97. The van der Waals surface area contributed by atoms with Crippen molar-refractivity contribution >= 4 is 17.3 Å². The third-order valence-corrected chi connectivity index (χ3v) is 5.31. The second-order valence-electron chi connectivity index (χ2n) is 7.31. The zero-order chi connectivity index (χ0) is 19.6. The predicted octanol–water partition coefficient (Wildman–Crippen LogP) is 0.741. The molecule has 8 heteroatoms. The van der Waals surface area contributed by atoms with Gasteiger partial charge in [0.1, 0.15) is 11.7 Å². The Kier molecular flexibility index (Phi) is 5.17. The summed E-state index contributed by atoms with van der Waals surface area (Å²) in [5, 5.41) is 3.53. The highest BCUT2D eigenvalue weighted by Crippen LogP contribution is 2.35. The first-order chi connectivity index (χ1) is 13.6. The number of benzene rings is 1. The van der Waals surface area contributed by atoms with Gasteiger partial charge in [0.15, 0.2) is 5.79 Å². The zero-order valence-corrected chi connectivity index (χ0v) is 15.8. The highest BCUT2D eigenvalue weighted by atomic mass is 16.5. The summed E-state index contributed by atoms with van der Waals surface area (Å²) >= 11 is 0. The molecule has 28 heavy (non-hydrogen) atoms. The van der Waals surface area contributed by atoms with Crippen molar-refractivity contribution in [3.05, 3.63) is 53.7 Å². The van der Waals surface area contributed by atoms with Crippen molar-refractivity contribution in [2.75, 3.05) is 37.4 Å². The first-order valence-electron chi connectivity index (χ1n) is 9.58. The van der Waals surface area contributed by atoms with Gasteiger partial charge in [0.05, 0.1) is 18.9 Å². The molecule has 2 aromatic rings. The molecule has 0 aliphatic carbocycles. The van der Waals surface area contributed by atoms with Gasteiger partial charge in [-0.15, -0.1) is 0 Å². The van der Waals surface area contributed by atoms with E-state index in [-0.39, 0.29) is 6.04 Å². The molecule has 3 heterocycles. The summed E-state index contributed by atoms with van der Waals surface area (Å²) in [6, 6.07) is 11.9. The lowest BCUT2D eigenvalue weighted by molar-refractivity contribution is -0.0151. The van der Waals surface area contributed by atoms with E-state index in [0.717, 1.165) is 25.1 Å². The summed E-state index contributed by atoms with van der Waals surface area (Å²) in [4.78, 5) is 11.3. The average Bonchev–Trinajstić information content (AvgIpc) is 2.70. The van der Waals surface area contributed by atoms with E-state index in [2.05, 4.69) is 27.3 Å². The molecule has 8 nitrogen and oxygen atoms in total. The number of nitrogen functional groups attached to an aromatic ring is 1. The highest BCUT2D eigenvalue weighted by molar-refractivity contribution is 6.06. The number of aromatic nitrogens is 1. The molecule has 0 bridgehead atoms. The molecule has 1 aromatic heterocycles. The molecule has 1 unspecified atom stereocenters. The maximum absolute atomic E-state index is 6.58. The minimum absolute atomic E-state index is 0.117. The zero-order valence-electron chi connectivity index (χ0n) is 15.8. The lowest BCUT2D eigenvalue weighted by Crippen LogP contribution is -2.61. The molecule has 7 N–H and O–H groups in total. The maximum Gasteiger partial charge on any atom is 0.191 e. The number of nitrogens with zero attached hydrogens (tertiary/aromatic N) is 3. The first-order valence-corrected chi connectivity index (χ1v) is 9.58. The fourth-order valence-electron chi connectivity index (χ4n) is 3.97. The fourth-order valence-corrected chi connectivity index (χ4v) is 3.97. The third kappa shape index (κ3) is 3.66. The minimum atomic E-state index is -0.772. The third-order valence-electron chi connectivity index (χ3n) is 5.31. The average molecular weight is 381 g/mol. The van der Waals surface area contributed by atoms with Gasteiger partial charge >= 0.3 is 0 Å². The highest BCUT2D eigenvalue weighted by Gasteiger charge is 2.42. The maximum atomic E-state index is 6.58. The smallest absolute Gasteiger partial charge is 0.191 e. The number of morpholine rings is 1. The molecule has 1 saturated heterocycles. The number of amidine groups is 1. The van der Waals surface area contributed by atoms with Gasteiger partial charge in [0.2, 0.25) is 0 Å². The number of nitrogens with two attached hydrogens (primary N) is 3. The van der Waals surface area contributed by atoms with Crippen molar-refractivity contribution in [2.24, 2.45) is 16.5 Å². The van der Waals surface area contributed by atoms with Gasteiger partial charge in [-0.2, -0.15) is 0 Å². The van der Waals surface area contributed by atoms with Crippen molar-refractivity contribution in [2.45, 2.75) is 24.7 Å². The Morgan fingerprint density at radius 3 is 2.64 bits per heavy atom. The molecule has 1 fully saturated rings. The van der Waals surface area contributed by atoms with Crippen LogP contribution in [0.3, 0.4) is 0 Å². The van der Waals surface area contributed by atoms with Crippen LogP contribution >= 0.6 is 0 Å². The van der Waals surface area contributed by atoms with Gasteiger partial charge in [-0.25, -0.2) is 9.98 Å². The SMILES string of the molecule is NC1=NC(C[C@@H](N)Cc2ccccc2)(N2CCOCC2)Nc2c1ccnc2N. The topological polar surface area (TPSA) is 128 Å². The minimum Gasteiger partial charge on any atom is -0.383 e. The summed E-state index contributed by atoms with van der Waals surface area (Å²) in [7, 11) is 0. The summed E-state index contributed by atoms with van der Waals surface area (Å²) in [5.74, 6) is 0.0810. The van der Waals surface area contributed by atoms with Crippen LogP contribution in [0.15, 0.2) is 47.6 Å². The Morgan fingerprint density at radius 2 is 1.89 bits per heavy atom. The predicted molar refractivity (Wildman–Crippen MR) is 111 cm³/mol. The van der Waals surface area contributed by atoms with Crippen molar-refractivity contribution in [3.63, 3.8) is 0 Å². The summed E-state index contributed by atoms with van der Waals surface area (Å²) in [6.45, 7) is 2.75. The normalized spacial score (nSPS) is 23.4. The van der Waals surface area contributed by atoms with Crippen LogP contribution in [0.2, 0.25) is 0 Å². The molecule has 4 rings (SSSR count). The molecular weight excluding hydrogens is 354 g/mol. The Balaban J connectivity index is 1.66. The Bertz CT molecular complexity index is 851. The van der Waals surface area contributed by atoms with Gasteiger partial charge in [-0.3, -0.25) is 4.90 Å². The molecule has 2 atom stereocenters. The number of nitrogens with one attached hydrogen (secondary N) is 1. The number of fused-ring (bicyclic) bond motifs is 1. The monoisotopic (exact) mass is 381 g/mol. The molecule has 2 aliphatic heterocycles. The van der Waals surface area contributed by atoms with E-state index in [9.17, 15) is 0 Å². The van der Waals surface area contributed by atoms with Gasteiger partial charge in [0, 0.05) is 37.3 Å². The van der Waals surface area contributed by atoms with Crippen molar-refractivity contribution in [1.29, 1.82) is 0 Å². The van der Waals surface area contributed by atoms with Crippen LogP contribution in [0.4, 0.5) is 11.5 Å². The number of hydrogen-bond acceptors (Lipinski definition) is 8. The van der Waals surface area contributed by atoms with E-state index in [1.54, 1.807) is 6.20 Å². The largest absolute Gasteiger partial charge is 0.383 e. The fraction of sp³-hybridized carbons (Fsp3) is 0.400. The number of ether oxygens (including phenoxy) is 1. The van der Waals surface area contributed by atoms with Crippen LogP contribution in [-0.2, 0) is 11.2 Å². The molecule has 0 spiro atoms. The Hall–Kier alpha value is -2.68. The lowest BCUT2D eigenvalue weighted by Gasteiger charge is -2.47. The van der Waals surface area contributed by atoms with Gasteiger partial charge in [-0.1, -0.05) is 30.3 Å². The van der Waals surface area contributed by atoms with Gasteiger partial charge in [0.25, 0.3) is 0 Å². The van der Waals surface area contributed by atoms with Crippen LogP contribution in [0.25, 0.3) is 0 Å². The second-order valence-corrected chi connectivity index (χ2v) is 7.31. The van der Waals surface area contributed by atoms with Crippen LogP contribution in [-0.4, -0.2) is 53.9 Å². The van der Waals surface area contributed by atoms with E-state index in [1.165, 1.54) is 5.56 Å². The Labute approximate surface area is 164 Å². The summed E-state index contributed by atoms with van der Waals surface area (Å²) in [5.41, 5.74) is 21.8. The number of aliphatic imine (C=N–C) groups is 1. The van der Waals surface area contributed by atoms with E-state index in [1.807, 2.05) is 24.3 Å². The second kappa shape index (κ2) is 7.75. The van der Waals surface area contributed by atoms with Crippen LogP contribution in [0.5, 0.6) is 0 Å². The quantitative estimate of drug-likeness (QED) is 0.601. The van der Waals surface area contributed by atoms with E-state index < -0.39 is 5.79 Å². The van der Waals surface area contributed by atoms with Crippen LogP contribution < -0.4 is 22.5 Å². The number of rotatable bonds is 5. The molecule has 0 amide bonds. The molecule has 1 aromatic carbocycles. The van der Waals surface area contributed by atoms with Gasteiger partial charge in [-0.05, 0) is 18.1 Å². The van der Waals surface area contributed by atoms with Crippen LogP contribution in [0.1, 0.15) is 17.5 Å². The van der Waals surface area contributed by atoms with E-state index >= 15 is 0 Å². The molecule has 0 radical (unpaired) electrons. The Morgan fingerprint density at radius 1 is 1.14 bits per heavy atom. The lowest BCUT2D eigenvalue weighted by atomic mass is 9.97. The van der Waals surface area contributed by atoms with Crippen LogP contribution in [0, 0.1) is 0 Å². The molecule has 148 valence electrons. The van der Waals surface area contributed by atoms with Crippen molar-refractivity contribution in [3.8, 4) is 0 Å². The standard InChI is InChI=1S/C20H27N7O/c21-15(12-14-4-2-1-3-5-14)13-20(27-8-10-28-11-9-27)25-17-16(18(22)26-20)6-7-24-19(17)23/h1-7,15,25H,8-13,21H2,(H2,22,26)(H2,23,24)/t15-,20?/m0/s1. The molecule has 0 saturated carbocycles. The summed E-state index contributed by atoms with van der Waals surface area (Å²) < 4.78 is 5.54. The molecular formula is C20H27N7O. The van der Waals surface area contributed by atoms with Crippen molar-refractivity contribution in [1.82, 2.24) is 9.88 Å². The molecule has 2 aliphatic rings. The first kappa shape index (κ1) is 18.7. The van der Waals surface area contributed by atoms with E-state index in [4.69, 9.17) is 26.9 Å².